The summed E-state index contributed by atoms with van der Waals surface area (Å²) in [4.78, 5) is 22.3. The van der Waals surface area contributed by atoms with Crippen molar-refractivity contribution in [2.24, 2.45) is 0 Å². The summed E-state index contributed by atoms with van der Waals surface area (Å²) in [6, 6.07) is 11.5. The molecule has 1 amide bonds. The highest BCUT2D eigenvalue weighted by Gasteiger charge is 2.20. The Bertz CT molecular complexity index is 1190. The molecule has 0 spiro atoms. The van der Waals surface area contributed by atoms with Crippen LogP contribution in [-0.2, 0) is 26.0 Å². The van der Waals surface area contributed by atoms with Crippen molar-refractivity contribution in [3.05, 3.63) is 53.1 Å². The van der Waals surface area contributed by atoms with Gasteiger partial charge in [0, 0.05) is 6.54 Å². The molecule has 0 aliphatic carbocycles. The zero-order chi connectivity index (χ0) is 25.3. The fourth-order valence-corrected chi connectivity index (χ4v) is 4.22. The van der Waals surface area contributed by atoms with Gasteiger partial charge in [-0.05, 0) is 47.7 Å². The van der Waals surface area contributed by atoms with Gasteiger partial charge >= 0.3 is 5.97 Å². The van der Waals surface area contributed by atoms with Crippen molar-refractivity contribution in [1.82, 2.24) is 10.0 Å². The molecule has 0 aliphatic rings. The molecule has 34 heavy (non-hydrogen) atoms. The highest BCUT2D eigenvalue weighted by atomic mass is 32.2. The number of nitrogens with zero attached hydrogens (tertiary/aromatic N) is 1. The summed E-state index contributed by atoms with van der Waals surface area (Å²) >= 11 is 0. The van der Waals surface area contributed by atoms with Gasteiger partial charge in [-0.25, -0.2) is 13.1 Å². The van der Waals surface area contributed by atoms with Gasteiger partial charge in [-0.2, -0.15) is 5.26 Å². The molecule has 11 heteroatoms. The number of sulfonamides is 1. The number of hydrogen-bond acceptors (Lipinski definition) is 7. The number of carboxylic acid groups (broad SMARTS) is 1. The second-order valence-electron chi connectivity index (χ2n) is 7.61. The molecule has 0 radical (unpaired) electrons. The van der Waals surface area contributed by atoms with Crippen molar-refractivity contribution in [2.45, 2.75) is 31.1 Å². The van der Waals surface area contributed by atoms with Crippen LogP contribution in [0.1, 0.15) is 36.5 Å². The van der Waals surface area contributed by atoms with E-state index >= 15 is 0 Å². The van der Waals surface area contributed by atoms with Crippen LogP contribution in [0, 0.1) is 11.3 Å². The quantitative estimate of drug-likeness (QED) is 0.408. The molecule has 10 nitrogen and oxygen atoms in total. The molecular weight excluding hydrogens is 462 g/mol. The summed E-state index contributed by atoms with van der Waals surface area (Å²) in [5.41, 5.74) is 1.81. The number of nitrogens with one attached hydrogen (secondary N) is 2. The summed E-state index contributed by atoms with van der Waals surface area (Å²) in [6.07, 6.45) is 0.254. The van der Waals surface area contributed by atoms with E-state index in [0.29, 0.717) is 11.3 Å². The third kappa shape index (κ3) is 7.47. The molecular formula is C23H27N3O7S. The van der Waals surface area contributed by atoms with Crippen molar-refractivity contribution >= 4 is 21.9 Å². The van der Waals surface area contributed by atoms with E-state index in [1.807, 2.05) is 26.0 Å². The maximum Gasteiger partial charge on any atom is 0.322 e. The minimum atomic E-state index is -3.97. The van der Waals surface area contributed by atoms with Crippen LogP contribution in [0.2, 0.25) is 0 Å². The van der Waals surface area contributed by atoms with E-state index in [1.54, 1.807) is 12.1 Å². The molecule has 0 aromatic heterocycles. The lowest BCUT2D eigenvalue weighted by Gasteiger charge is -2.15. The first kappa shape index (κ1) is 26.6. The van der Waals surface area contributed by atoms with Crippen LogP contribution in [-0.4, -0.2) is 52.2 Å². The fraction of sp³-hybridized carbons (Fsp3) is 0.348. The number of aliphatic carboxylic acids is 1. The lowest BCUT2D eigenvalue weighted by atomic mass is 10.00. The van der Waals surface area contributed by atoms with E-state index in [4.69, 9.17) is 19.8 Å². The van der Waals surface area contributed by atoms with Crippen LogP contribution in [0.5, 0.6) is 11.5 Å². The zero-order valence-electron chi connectivity index (χ0n) is 19.1. The molecule has 0 heterocycles. The number of carbonyl (C=O) groups excluding carboxylic acids is 1. The van der Waals surface area contributed by atoms with Gasteiger partial charge in [0.05, 0.1) is 18.7 Å². The monoisotopic (exact) mass is 489 g/mol. The lowest BCUT2D eigenvalue weighted by molar-refractivity contribution is -0.138. The second-order valence-corrected chi connectivity index (χ2v) is 9.34. The van der Waals surface area contributed by atoms with Gasteiger partial charge in [0.15, 0.2) is 6.61 Å². The first-order chi connectivity index (χ1) is 16.1. The van der Waals surface area contributed by atoms with Gasteiger partial charge < -0.3 is 19.9 Å². The molecule has 0 aliphatic heterocycles. The molecule has 0 bridgehead atoms. The van der Waals surface area contributed by atoms with E-state index in [1.165, 1.54) is 25.3 Å². The number of carboxylic acids is 1. The van der Waals surface area contributed by atoms with Crippen LogP contribution >= 0.6 is 0 Å². The Morgan fingerprint density at radius 1 is 1.15 bits per heavy atom. The van der Waals surface area contributed by atoms with E-state index in [-0.39, 0.29) is 41.7 Å². The summed E-state index contributed by atoms with van der Waals surface area (Å²) < 4.78 is 38.8. The number of amides is 1. The van der Waals surface area contributed by atoms with E-state index in [9.17, 15) is 18.0 Å². The fourth-order valence-electron chi connectivity index (χ4n) is 2.99. The molecule has 2 aromatic carbocycles. The first-order valence-electron chi connectivity index (χ1n) is 10.4. The van der Waals surface area contributed by atoms with Crippen LogP contribution in [0.15, 0.2) is 41.3 Å². The number of carbonyl (C=O) groups is 2. The van der Waals surface area contributed by atoms with Crippen LogP contribution in [0.25, 0.3) is 0 Å². The van der Waals surface area contributed by atoms with E-state index in [0.717, 1.165) is 5.56 Å². The highest BCUT2D eigenvalue weighted by molar-refractivity contribution is 7.89. The Labute approximate surface area is 198 Å². The lowest BCUT2D eigenvalue weighted by Crippen LogP contribution is -2.33. The first-order valence-corrected chi connectivity index (χ1v) is 11.9. The number of benzene rings is 2. The Balaban J connectivity index is 2.15. The molecule has 0 unspecified atom stereocenters. The highest BCUT2D eigenvalue weighted by Crippen LogP contribution is 2.27. The Morgan fingerprint density at radius 3 is 2.50 bits per heavy atom. The Hall–Kier alpha value is -3.62. The maximum atomic E-state index is 12.8. The Morgan fingerprint density at radius 2 is 1.88 bits per heavy atom. The van der Waals surface area contributed by atoms with Gasteiger partial charge in [0.1, 0.15) is 22.9 Å². The average Bonchev–Trinajstić information content (AvgIpc) is 2.81. The largest absolute Gasteiger partial charge is 0.495 e. The number of hydrogen-bond donors (Lipinski definition) is 3. The average molecular weight is 490 g/mol. The van der Waals surface area contributed by atoms with Gasteiger partial charge in [-0.15, -0.1) is 0 Å². The summed E-state index contributed by atoms with van der Waals surface area (Å²) in [7, 11) is -2.63. The van der Waals surface area contributed by atoms with Crippen molar-refractivity contribution in [3.63, 3.8) is 0 Å². The van der Waals surface area contributed by atoms with Gasteiger partial charge in [-0.3, -0.25) is 9.59 Å². The minimum absolute atomic E-state index is 0.0187. The Kier molecular flexibility index (Phi) is 9.41. The third-order valence-corrected chi connectivity index (χ3v) is 6.30. The third-order valence-electron chi connectivity index (χ3n) is 4.82. The molecule has 2 aromatic rings. The summed E-state index contributed by atoms with van der Waals surface area (Å²) in [6.45, 7) is 3.11. The van der Waals surface area contributed by atoms with Crippen molar-refractivity contribution in [1.29, 1.82) is 5.26 Å². The van der Waals surface area contributed by atoms with Crippen LogP contribution in [0.4, 0.5) is 0 Å². The standard InChI is InChI=1S/C23H27N3O7S/c1-15(2)18-6-5-17(20(11-18)33-14-22(27)25-13-23(28)29)8-9-26-34(30,31)21-10-16(12-24)4-7-19(21)32-3/h4-7,10-11,15,26H,8-9,13-14H2,1-3H3,(H,25,27)(H,28,29). The van der Waals surface area contributed by atoms with Crippen molar-refractivity contribution in [2.75, 3.05) is 26.8 Å². The molecule has 2 rings (SSSR count). The summed E-state index contributed by atoms with van der Waals surface area (Å²) in [5.74, 6) is -1.05. The topological polar surface area (TPSA) is 155 Å². The molecule has 0 saturated carbocycles. The van der Waals surface area contributed by atoms with Gasteiger partial charge in [0.25, 0.3) is 5.91 Å². The van der Waals surface area contributed by atoms with Gasteiger partial charge in [-0.1, -0.05) is 26.0 Å². The number of methoxy groups -OCH3 is 1. The van der Waals surface area contributed by atoms with E-state index in [2.05, 4.69) is 10.0 Å². The van der Waals surface area contributed by atoms with Gasteiger partial charge in [0.2, 0.25) is 10.0 Å². The molecule has 182 valence electrons. The normalized spacial score (nSPS) is 11.0. The van der Waals surface area contributed by atoms with Crippen molar-refractivity contribution < 1.29 is 32.6 Å². The predicted molar refractivity (Wildman–Crippen MR) is 123 cm³/mol. The summed E-state index contributed by atoms with van der Waals surface area (Å²) in [5, 5.41) is 20.0. The molecule has 0 atom stereocenters. The molecule has 0 fully saturated rings. The van der Waals surface area contributed by atoms with Crippen molar-refractivity contribution in [3.8, 4) is 17.6 Å². The molecule has 0 saturated heterocycles. The van der Waals surface area contributed by atoms with Crippen LogP contribution in [0.3, 0.4) is 0 Å². The van der Waals surface area contributed by atoms with E-state index < -0.39 is 28.4 Å². The minimum Gasteiger partial charge on any atom is -0.495 e. The molecule has 3 N–H and O–H groups in total. The SMILES string of the molecule is COc1ccc(C#N)cc1S(=O)(=O)NCCc1ccc(C(C)C)cc1OCC(=O)NCC(=O)O. The zero-order valence-corrected chi connectivity index (χ0v) is 19.9. The number of rotatable bonds is 12. The van der Waals surface area contributed by atoms with Crippen LogP contribution < -0.4 is 19.5 Å². The second kappa shape index (κ2) is 12.0. The number of ether oxygens (including phenoxy) is 2. The predicted octanol–water partition coefficient (Wildman–Crippen LogP) is 1.79. The number of nitriles is 1. The maximum absolute atomic E-state index is 12.8. The smallest absolute Gasteiger partial charge is 0.322 e.